The average molecular weight is 233 g/mol. The molecule has 2 nitrogen and oxygen atoms in total. The summed E-state index contributed by atoms with van der Waals surface area (Å²) in [5, 5.41) is 0. The molecule has 17 heavy (non-hydrogen) atoms. The van der Waals surface area contributed by atoms with Crippen LogP contribution >= 0.6 is 0 Å². The fourth-order valence-electron chi connectivity index (χ4n) is 2.17. The minimum atomic E-state index is -0.0269. The third kappa shape index (κ3) is 3.97. The van der Waals surface area contributed by atoms with E-state index in [2.05, 4.69) is 32.6 Å². The molecule has 94 valence electrons. The van der Waals surface area contributed by atoms with E-state index in [0.717, 1.165) is 18.4 Å². The van der Waals surface area contributed by atoms with E-state index in [1.54, 1.807) is 0 Å². The standard InChI is InChI=1S/C15H23NO/c1-12(2)16(13(3)4)10-15(11-17)14-8-6-5-7-9-14/h5-9,11-13,15H,10H2,1-4H3. The molecule has 1 atom stereocenters. The molecule has 0 heterocycles. The molecule has 1 aromatic carbocycles. The molecule has 0 N–H and O–H groups in total. The maximum Gasteiger partial charge on any atom is 0.128 e. The van der Waals surface area contributed by atoms with E-state index in [1.807, 2.05) is 30.3 Å². The lowest BCUT2D eigenvalue weighted by molar-refractivity contribution is -0.109. The van der Waals surface area contributed by atoms with Crippen LogP contribution in [0.1, 0.15) is 39.2 Å². The first-order valence-corrected chi connectivity index (χ1v) is 6.32. The Balaban J connectivity index is 2.79. The molecule has 0 radical (unpaired) electrons. The number of hydrogen-bond acceptors (Lipinski definition) is 2. The van der Waals surface area contributed by atoms with Gasteiger partial charge in [-0.25, -0.2) is 0 Å². The van der Waals surface area contributed by atoms with Gasteiger partial charge < -0.3 is 4.79 Å². The van der Waals surface area contributed by atoms with Crippen LogP contribution in [-0.4, -0.2) is 29.8 Å². The Morgan fingerprint density at radius 1 is 1.06 bits per heavy atom. The largest absolute Gasteiger partial charge is 0.303 e. The van der Waals surface area contributed by atoms with E-state index in [-0.39, 0.29) is 5.92 Å². The molecular formula is C15H23NO. The third-order valence-electron chi connectivity index (χ3n) is 3.13. The Hall–Kier alpha value is -1.15. The maximum atomic E-state index is 11.3. The summed E-state index contributed by atoms with van der Waals surface area (Å²) in [7, 11) is 0. The lowest BCUT2D eigenvalue weighted by atomic mass is 9.99. The van der Waals surface area contributed by atoms with Gasteiger partial charge in [-0.1, -0.05) is 30.3 Å². The number of rotatable bonds is 6. The van der Waals surface area contributed by atoms with Crippen molar-refractivity contribution in [2.45, 2.75) is 45.7 Å². The van der Waals surface area contributed by atoms with Gasteiger partial charge in [0.1, 0.15) is 6.29 Å². The summed E-state index contributed by atoms with van der Waals surface area (Å²) in [6.45, 7) is 9.49. The van der Waals surface area contributed by atoms with Crippen molar-refractivity contribution in [1.29, 1.82) is 0 Å². The Kier molecular flexibility index (Phi) is 5.36. The zero-order valence-electron chi connectivity index (χ0n) is 11.3. The number of carbonyl (C=O) groups excluding carboxylic acids is 1. The SMILES string of the molecule is CC(C)N(CC(C=O)c1ccccc1)C(C)C. The van der Waals surface area contributed by atoms with Crippen LogP contribution in [0.15, 0.2) is 30.3 Å². The van der Waals surface area contributed by atoms with E-state index in [9.17, 15) is 4.79 Å². The van der Waals surface area contributed by atoms with Crippen LogP contribution in [0.25, 0.3) is 0 Å². The van der Waals surface area contributed by atoms with Gasteiger partial charge in [0.05, 0.1) is 5.92 Å². The summed E-state index contributed by atoms with van der Waals surface area (Å²) < 4.78 is 0. The zero-order valence-corrected chi connectivity index (χ0v) is 11.3. The first-order chi connectivity index (χ1) is 8.06. The van der Waals surface area contributed by atoms with Gasteiger partial charge >= 0.3 is 0 Å². The molecular weight excluding hydrogens is 210 g/mol. The van der Waals surface area contributed by atoms with E-state index in [0.29, 0.717) is 12.1 Å². The monoisotopic (exact) mass is 233 g/mol. The van der Waals surface area contributed by atoms with E-state index < -0.39 is 0 Å². The minimum absolute atomic E-state index is 0.0269. The van der Waals surface area contributed by atoms with Gasteiger partial charge in [-0.05, 0) is 33.3 Å². The van der Waals surface area contributed by atoms with Crippen molar-refractivity contribution in [2.24, 2.45) is 0 Å². The van der Waals surface area contributed by atoms with Crippen LogP contribution in [0.5, 0.6) is 0 Å². The number of benzene rings is 1. The lowest BCUT2D eigenvalue weighted by Crippen LogP contribution is -2.40. The summed E-state index contributed by atoms with van der Waals surface area (Å²) in [4.78, 5) is 13.6. The predicted molar refractivity (Wildman–Crippen MR) is 72.2 cm³/mol. The summed E-state index contributed by atoms with van der Waals surface area (Å²) in [6.07, 6.45) is 1.06. The molecule has 1 aromatic rings. The summed E-state index contributed by atoms with van der Waals surface area (Å²) in [6, 6.07) is 10.9. The van der Waals surface area contributed by atoms with E-state index in [1.165, 1.54) is 0 Å². The topological polar surface area (TPSA) is 20.3 Å². The third-order valence-corrected chi connectivity index (χ3v) is 3.13. The molecule has 1 unspecified atom stereocenters. The van der Waals surface area contributed by atoms with Gasteiger partial charge in [-0.3, -0.25) is 4.90 Å². The van der Waals surface area contributed by atoms with Crippen LogP contribution < -0.4 is 0 Å². The molecule has 0 aromatic heterocycles. The highest BCUT2D eigenvalue weighted by atomic mass is 16.1. The second-order valence-electron chi connectivity index (χ2n) is 5.04. The number of hydrogen-bond donors (Lipinski definition) is 0. The van der Waals surface area contributed by atoms with Gasteiger partial charge in [-0.2, -0.15) is 0 Å². The molecule has 0 fully saturated rings. The summed E-state index contributed by atoms with van der Waals surface area (Å²) in [5.41, 5.74) is 1.11. The molecule has 0 saturated carbocycles. The highest BCUT2D eigenvalue weighted by molar-refractivity contribution is 5.62. The van der Waals surface area contributed by atoms with Crippen molar-refractivity contribution < 1.29 is 4.79 Å². The van der Waals surface area contributed by atoms with Crippen LogP contribution in [0.2, 0.25) is 0 Å². The van der Waals surface area contributed by atoms with Crippen molar-refractivity contribution in [1.82, 2.24) is 4.90 Å². The second-order valence-corrected chi connectivity index (χ2v) is 5.04. The zero-order chi connectivity index (χ0) is 12.8. The van der Waals surface area contributed by atoms with Crippen LogP contribution in [-0.2, 0) is 4.79 Å². The molecule has 0 saturated heterocycles. The van der Waals surface area contributed by atoms with Crippen molar-refractivity contribution in [2.75, 3.05) is 6.54 Å². The maximum absolute atomic E-state index is 11.3. The van der Waals surface area contributed by atoms with Gasteiger partial charge in [0.15, 0.2) is 0 Å². The molecule has 0 aliphatic heterocycles. The first kappa shape index (κ1) is 13.9. The van der Waals surface area contributed by atoms with Crippen molar-refractivity contribution in [3.63, 3.8) is 0 Å². The Morgan fingerprint density at radius 3 is 2.00 bits per heavy atom. The Labute approximate surface area is 105 Å². The second kappa shape index (κ2) is 6.55. The highest BCUT2D eigenvalue weighted by Crippen LogP contribution is 2.17. The number of nitrogens with zero attached hydrogens (tertiary/aromatic N) is 1. The summed E-state index contributed by atoms with van der Waals surface area (Å²) in [5.74, 6) is -0.0269. The number of aldehydes is 1. The lowest BCUT2D eigenvalue weighted by Gasteiger charge is -2.32. The van der Waals surface area contributed by atoms with Gasteiger partial charge in [0.25, 0.3) is 0 Å². The molecule has 0 aliphatic rings. The fraction of sp³-hybridized carbons (Fsp3) is 0.533. The molecule has 1 rings (SSSR count). The quantitative estimate of drug-likeness (QED) is 0.704. The molecule has 0 aliphatic carbocycles. The average Bonchev–Trinajstić information content (AvgIpc) is 2.30. The molecule has 2 heteroatoms. The van der Waals surface area contributed by atoms with Crippen molar-refractivity contribution in [3.8, 4) is 0 Å². The van der Waals surface area contributed by atoms with Crippen LogP contribution in [0.3, 0.4) is 0 Å². The fourth-order valence-corrected chi connectivity index (χ4v) is 2.17. The van der Waals surface area contributed by atoms with Gasteiger partial charge in [-0.15, -0.1) is 0 Å². The van der Waals surface area contributed by atoms with Crippen LogP contribution in [0.4, 0.5) is 0 Å². The highest BCUT2D eigenvalue weighted by Gasteiger charge is 2.19. The smallest absolute Gasteiger partial charge is 0.128 e. The number of carbonyl (C=O) groups is 1. The molecule has 0 bridgehead atoms. The molecule has 0 amide bonds. The summed E-state index contributed by atoms with van der Waals surface area (Å²) >= 11 is 0. The van der Waals surface area contributed by atoms with Crippen molar-refractivity contribution in [3.05, 3.63) is 35.9 Å². The predicted octanol–water partition coefficient (Wildman–Crippen LogP) is 3.09. The van der Waals surface area contributed by atoms with Gasteiger partial charge in [0.2, 0.25) is 0 Å². The van der Waals surface area contributed by atoms with E-state index in [4.69, 9.17) is 0 Å². The van der Waals surface area contributed by atoms with Crippen molar-refractivity contribution >= 4 is 6.29 Å². The molecule has 0 spiro atoms. The minimum Gasteiger partial charge on any atom is -0.303 e. The first-order valence-electron chi connectivity index (χ1n) is 6.32. The Morgan fingerprint density at radius 2 is 1.59 bits per heavy atom. The normalized spacial score (nSPS) is 13.4. The Bertz CT molecular complexity index is 324. The van der Waals surface area contributed by atoms with Crippen LogP contribution in [0, 0.1) is 0 Å². The van der Waals surface area contributed by atoms with E-state index >= 15 is 0 Å². The van der Waals surface area contributed by atoms with Gasteiger partial charge in [0, 0.05) is 18.6 Å².